The number of halogens is 1. The van der Waals surface area contributed by atoms with E-state index < -0.39 is 0 Å². The van der Waals surface area contributed by atoms with Gasteiger partial charge >= 0.3 is 0 Å². The maximum absolute atomic E-state index is 5.80. The highest BCUT2D eigenvalue weighted by Gasteiger charge is 2.14. The number of rotatable bonds is 3. The summed E-state index contributed by atoms with van der Waals surface area (Å²) in [6.45, 7) is 1.13. The van der Waals surface area contributed by atoms with E-state index in [0.717, 1.165) is 18.0 Å². The van der Waals surface area contributed by atoms with Crippen molar-refractivity contribution < 1.29 is 4.74 Å². The zero-order chi connectivity index (χ0) is 12.9. The van der Waals surface area contributed by atoms with Gasteiger partial charge in [-0.1, -0.05) is 36.8 Å². The number of nitrogens with one attached hydrogen (secondary N) is 1. The van der Waals surface area contributed by atoms with Crippen LogP contribution in [0.1, 0.15) is 30.9 Å². The van der Waals surface area contributed by atoms with Gasteiger partial charge in [-0.05, 0) is 49.2 Å². The Morgan fingerprint density at radius 2 is 1.55 bits per heavy atom. The van der Waals surface area contributed by atoms with Crippen LogP contribution in [-0.2, 0) is 0 Å². The summed E-state index contributed by atoms with van der Waals surface area (Å²) in [4.78, 5) is 0. The molecule has 2 aromatic rings. The summed E-state index contributed by atoms with van der Waals surface area (Å²) in [5, 5.41) is 3.56. The molecule has 2 aromatic carbocycles. The molecule has 1 saturated heterocycles. The summed E-state index contributed by atoms with van der Waals surface area (Å²) in [6, 6.07) is 18.8. The third-order valence-electron chi connectivity index (χ3n) is 3.57. The predicted molar refractivity (Wildman–Crippen MR) is 84.8 cm³/mol. The molecule has 3 heteroatoms. The van der Waals surface area contributed by atoms with Crippen LogP contribution in [0.5, 0.6) is 11.5 Å². The van der Waals surface area contributed by atoms with E-state index in [0.29, 0.717) is 6.04 Å². The maximum atomic E-state index is 5.80. The summed E-state index contributed by atoms with van der Waals surface area (Å²) < 4.78 is 5.80. The Labute approximate surface area is 126 Å². The molecule has 1 fully saturated rings. The second-order valence-corrected chi connectivity index (χ2v) is 4.99. The number of hydrogen-bond donors (Lipinski definition) is 1. The minimum atomic E-state index is 0. The van der Waals surface area contributed by atoms with Crippen molar-refractivity contribution in [1.29, 1.82) is 0 Å². The molecule has 1 atom stereocenters. The van der Waals surface area contributed by atoms with Crippen LogP contribution in [-0.4, -0.2) is 6.54 Å². The lowest BCUT2D eigenvalue weighted by atomic mass is 9.98. The summed E-state index contributed by atoms with van der Waals surface area (Å²) in [5.74, 6) is 1.77. The SMILES string of the molecule is Cl.c1ccc(Oc2ccc(C3CCCCN3)cc2)cc1. The van der Waals surface area contributed by atoms with Gasteiger partial charge in [0.25, 0.3) is 0 Å². The first-order chi connectivity index (χ1) is 9.42. The number of benzene rings is 2. The first kappa shape index (κ1) is 14.9. The van der Waals surface area contributed by atoms with Gasteiger partial charge < -0.3 is 10.1 Å². The Balaban J connectivity index is 0.00000147. The van der Waals surface area contributed by atoms with Crippen molar-refractivity contribution >= 4 is 12.4 Å². The molecule has 1 aliphatic heterocycles. The normalized spacial score (nSPS) is 18.1. The van der Waals surface area contributed by atoms with Crippen LogP contribution in [0, 0.1) is 0 Å². The Hall–Kier alpha value is -1.51. The Kier molecular flexibility index (Phi) is 5.45. The largest absolute Gasteiger partial charge is 0.457 e. The lowest BCUT2D eigenvalue weighted by Gasteiger charge is -2.23. The number of hydrogen-bond acceptors (Lipinski definition) is 2. The van der Waals surface area contributed by atoms with E-state index in [-0.39, 0.29) is 12.4 Å². The standard InChI is InChI=1S/C17H19NO.ClH/c1-2-6-15(7-3-1)19-16-11-9-14(10-12-16)17-8-4-5-13-18-17;/h1-3,6-7,9-12,17-18H,4-5,8,13H2;1H. The molecule has 0 bridgehead atoms. The lowest BCUT2D eigenvalue weighted by Crippen LogP contribution is -2.26. The summed E-state index contributed by atoms with van der Waals surface area (Å²) in [6.07, 6.45) is 3.85. The average molecular weight is 290 g/mol. The van der Waals surface area contributed by atoms with E-state index in [2.05, 4.69) is 29.6 Å². The van der Waals surface area contributed by atoms with Gasteiger partial charge in [0.05, 0.1) is 0 Å². The number of ether oxygens (including phenoxy) is 1. The summed E-state index contributed by atoms with van der Waals surface area (Å²) >= 11 is 0. The van der Waals surface area contributed by atoms with Crippen molar-refractivity contribution in [2.24, 2.45) is 0 Å². The van der Waals surface area contributed by atoms with Crippen LogP contribution in [0.15, 0.2) is 54.6 Å². The quantitative estimate of drug-likeness (QED) is 0.883. The molecule has 0 aromatic heterocycles. The van der Waals surface area contributed by atoms with Crippen LogP contribution in [0.2, 0.25) is 0 Å². The first-order valence-electron chi connectivity index (χ1n) is 6.98. The minimum absolute atomic E-state index is 0. The number of piperidine rings is 1. The molecule has 20 heavy (non-hydrogen) atoms. The highest BCUT2D eigenvalue weighted by Crippen LogP contribution is 2.26. The molecule has 1 heterocycles. The van der Waals surface area contributed by atoms with E-state index in [4.69, 9.17) is 4.74 Å². The van der Waals surface area contributed by atoms with Gasteiger partial charge in [-0.15, -0.1) is 12.4 Å². The van der Waals surface area contributed by atoms with Crippen molar-refractivity contribution in [1.82, 2.24) is 5.32 Å². The van der Waals surface area contributed by atoms with Gasteiger partial charge in [-0.2, -0.15) is 0 Å². The van der Waals surface area contributed by atoms with Gasteiger partial charge in [0, 0.05) is 6.04 Å². The fraction of sp³-hybridized carbons (Fsp3) is 0.294. The molecule has 0 spiro atoms. The van der Waals surface area contributed by atoms with Crippen LogP contribution < -0.4 is 10.1 Å². The van der Waals surface area contributed by atoms with Crippen LogP contribution >= 0.6 is 12.4 Å². The van der Waals surface area contributed by atoms with E-state index >= 15 is 0 Å². The average Bonchev–Trinajstić information content (AvgIpc) is 2.50. The van der Waals surface area contributed by atoms with Crippen LogP contribution in [0.3, 0.4) is 0 Å². The maximum Gasteiger partial charge on any atom is 0.127 e. The molecule has 0 saturated carbocycles. The molecule has 0 radical (unpaired) electrons. The van der Waals surface area contributed by atoms with Crippen molar-refractivity contribution in [2.75, 3.05) is 6.54 Å². The molecular weight excluding hydrogens is 270 g/mol. The smallest absolute Gasteiger partial charge is 0.127 e. The third kappa shape index (κ3) is 3.75. The molecule has 2 nitrogen and oxygen atoms in total. The van der Waals surface area contributed by atoms with E-state index in [1.807, 2.05) is 30.3 Å². The monoisotopic (exact) mass is 289 g/mol. The zero-order valence-corrected chi connectivity index (χ0v) is 12.2. The molecular formula is C17H20ClNO. The van der Waals surface area contributed by atoms with Gasteiger partial charge in [-0.25, -0.2) is 0 Å². The topological polar surface area (TPSA) is 21.3 Å². The molecule has 1 N–H and O–H groups in total. The predicted octanol–water partition coefficient (Wildman–Crippen LogP) is 4.72. The second kappa shape index (κ2) is 7.32. The van der Waals surface area contributed by atoms with Gasteiger partial charge in [0.2, 0.25) is 0 Å². The molecule has 0 aliphatic carbocycles. The Morgan fingerprint density at radius 1 is 0.850 bits per heavy atom. The molecule has 3 rings (SSSR count). The van der Waals surface area contributed by atoms with Crippen molar-refractivity contribution in [3.05, 3.63) is 60.2 Å². The summed E-state index contributed by atoms with van der Waals surface area (Å²) in [7, 11) is 0. The molecule has 1 unspecified atom stereocenters. The van der Waals surface area contributed by atoms with E-state index in [1.165, 1.54) is 24.8 Å². The van der Waals surface area contributed by atoms with Crippen molar-refractivity contribution in [2.45, 2.75) is 25.3 Å². The third-order valence-corrected chi connectivity index (χ3v) is 3.57. The summed E-state index contributed by atoms with van der Waals surface area (Å²) in [5.41, 5.74) is 1.36. The van der Waals surface area contributed by atoms with Gasteiger partial charge in [0.1, 0.15) is 11.5 Å². The fourth-order valence-corrected chi connectivity index (χ4v) is 2.53. The highest BCUT2D eigenvalue weighted by molar-refractivity contribution is 5.85. The van der Waals surface area contributed by atoms with Crippen LogP contribution in [0.25, 0.3) is 0 Å². The van der Waals surface area contributed by atoms with Gasteiger partial charge in [-0.3, -0.25) is 0 Å². The molecule has 0 amide bonds. The fourth-order valence-electron chi connectivity index (χ4n) is 2.53. The zero-order valence-electron chi connectivity index (χ0n) is 11.4. The van der Waals surface area contributed by atoms with Crippen molar-refractivity contribution in [3.63, 3.8) is 0 Å². The van der Waals surface area contributed by atoms with E-state index in [1.54, 1.807) is 0 Å². The number of para-hydroxylation sites is 1. The lowest BCUT2D eigenvalue weighted by molar-refractivity contribution is 0.411. The first-order valence-corrected chi connectivity index (χ1v) is 6.98. The Morgan fingerprint density at radius 3 is 2.20 bits per heavy atom. The molecule has 1 aliphatic rings. The highest BCUT2D eigenvalue weighted by atomic mass is 35.5. The Bertz CT molecular complexity index is 506. The van der Waals surface area contributed by atoms with Gasteiger partial charge in [0.15, 0.2) is 0 Å². The van der Waals surface area contributed by atoms with Crippen LogP contribution in [0.4, 0.5) is 0 Å². The molecule has 106 valence electrons. The second-order valence-electron chi connectivity index (χ2n) is 4.99. The van der Waals surface area contributed by atoms with Crippen molar-refractivity contribution in [3.8, 4) is 11.5 Å². The minimum Gasteiger partial charge on any atom is -0.457 e. The van der Waals surface area contributed by atoms with E-state index in [9.17, 15) is 0 Å².